The molecule has 1 aliphatic carbocycles. The standard InChI is InChI=1S/C16H20BrNO3/c17-13-3-1-12-8-14(4-2-11(12)7-13)18-5-6-21-15(10-18)9-16(19)20/h1,3,7,14-15H,2,4-6,8-10H2,(H,19,20). The Morgan fingerprint density at radius 2 is 2.29 bits per heavy atom. The minimum atomic E-state index is -0.777. The number of hydrogen-bond acceptors (Lipinski definition) is 3. The Balaban J connectivity index is 1.65. The molecule has 1 N–H and O–H groups in total. The largest absolute Gasteiger partial charge is 0.481 e. The molecule has 1 aromatic carbocycles. The lowest BCUT2D eigenvalue weighted by atomic mass is 9.87. The van der Waals surface area contributed by atoms with E-state index in [9.17, 15) is 4.79 Å². The summed E-state index contributed by atoms with van der Waals surface area (Å²) >= 11 is 3.53. The van der Waals surface area contributed by atoms with Crippen LogP contribution in [0.3, 0.4) is 0 Å². The highest BCUT2D eigenvalue weighted by atomic mass is 79.9. The van der Waals surface area contributed by atoms with Gasteiger partial charge in [-0.25, -0.2) is 0 Å². The highest BCUT2D eigenvalue weighted by Gasteiger charge is 2.30. The van der Waals surface area contributed by atoms with Gasteiger partial charge in [0.1, 0.15) is 0 Å². The van der Waals surface area contributed by atoms with Gasteiger partial charge in [-0.05, 0) is 42.5 Å². The van der Waals surface area contributed by atoms with Gasteiger partial charge in [0, 0.05) is 23.6 Å². The minimum absolute atomic E-state index is 0.104. The van der Waals surface area contributed by atoms with E-state index in [1.54, 1.807) is 0 Å². The lowest BCUT2D eigenvalue weighted by Gasteiger charge is -2.40. The van der Waals surface area contributed by atoms with Crippen molar-refractivity contribution in [1.29, 1.82) is 0 Å². The molecule has 0 spiro atoms. The third-order valence-electron chi connectivity index (χ3n) is 4.46. The van der Waals surface area contributed by atoms with Crippen LogP contribution in [0.2, 0.25) is 0 Å². The molecule has 0 aromatic heterocycles. The Kier molecular flexibility index (Phi) is 4.62. The van der Waals surface area contributed by atoms with E-state index in [2.05, 4.69) is 39.0 Å². The molecule has 2 atom stereocenters. The average molecular weight is 354 g/mol. The number of aryl methyl sites for hydroxylation is 1. The molecule has 21 heavy (non-hydrogen) atoms. The molecule has 2 unspecified atom stereocenters. The normalized spacial score (nSPS) is 26.3. The lowest BCUT2D eigenvalue weighted by molar-refractivity contribution is -0.142. The van der Waals surface area contributed by atoms with Crippen LogP contribution in [0.15, 0.2) is 22.7 Å². The summed E-state index contributed by atoms with van der Waals surface area (Å²) < 4.78 is 6.71. The second-order valence-corrected chi connectivity index (χ2v) is 6.81. The quantitative estimate of drug-likeness (QED) is 0.906. The Hall–Kier alpha value is -0.910. The number of carboxylic acids is 1. The molecule has 1 heterocycles. The van der Waals surface area contributed by atoms with Gasteiger partial charge in [-0.3, -0.25) is 9.69 Å². The molecule has 2 aliphatic rings. The summed E-state index contributed by atoms with van der Waals surface area (Å²) in [5.74, 6) is -0.777. The van der Waals surface area contributed by atoms with Crippen LogP contribution in [0.4, 0.5) is 0 Å². The molecule has 1 fully saturated rings. The zero-order valence-electron chi connectivity index (χ0n) is 11.9. The van der Waals surface area contributed by atoms with E-state index in [0.717, 1.165) is 36.8 Å². The predicted molar refractivity (Wildman–Crippen MR) is 83.5 cm³/mol. The third-order valence-corrected chi connectivity index (χ3v) is 4.95. The van der Waals surface area contributed by atoms with Gasteiger partial charge < -0.3 is 9.84 Å². The number of hydrogen-bond donors (Lipinski definition) is 1. The van der Waals surface area contributed by atoms with Crippen LogP contribution in [0.5, 0.6) is 0 Å². The van der Waals surface area contributed by atoms with Crippen molar-refractivity contribution in [2.75, 3.05) is 19.7 Å². The Labute approximate surface area is 133 Å². The number of halogens is 1. The van der Waals surface area contributed by atoms with Crippen molar-refractivity contribution in [1.82, 2.24) is 4.90 Å². The number of nitrogens with zero attached hydrogens (tertiary/aromatic N) is 1. The van der Waals surface area contributed by atoms with Crippen molar-refractivity contribution in [3.63, 3.8) is 0 Å². The summed E-state index contributed by atoms with van der Waals surface area (Å²) in [5.41, 5.74) is 2.87. The molecule has 1 saturated heterocycles. The molecular weight excluding hydrogens is 334 g/mol. The molecule has 114 valence electrons. The number of carboxylic acid groups (broad SMARTS) is 1. The fourth-order valence-electron chi connectivity index (χ4n) is 3.41. The molecular formula is C16H20BrNO3. The van der Waals surface area contributed by atoms with Crippen LogP contribution in [-0.2, 0) is 22.4 Å². The van der Waals surface area contributed by atoms with Crippen molar-refractivity contribution in [2.45, 2.75) is 37.8 Å². The first-order valence-corrected chi connectivity index (χ1v) is 8.26. The van der Waals surface area contributed by atoms with Gasteiger partial charge in [-0.1, -0.05) is 22.0 Å². The first kappa shape index (κ1) is 15.0. The maximum atomic E-state index is 10.8. The summed E-state index contributed by atoms with van der Waals surface area (Å²) in [6, 6.07) is 7.05. The number of aliphatic carboxylic acids is 1. The van der Waals surface area contributed by atoms with Gasteiger partial charge in [0.25, 0.3) is 0 Å². The molecule has 1 aliphatic heterocycles. The summed E-state index contributed by atoms with van der Waals surface area (Å²) in [5, 5.41) is 8.92. The number of rotatable bonds is 3. The Bertz CT molecular complexity index is 534. The number of morpholine rings is 1. The van der Waals surface area contributed by atoms with Gasteiger partial charge in [0.15, 0.2) is 0 Å². The number of ether oxygens (including phenoxy) is 1. The van der Waals surface area contributed by atoms with Crippen LogP contribution < -0.4 is 0 Å². The van der Waals surface area contributed by atoms with Gasteiger partial charge in [-0.2, -0.15) is 0 Å². The molecule has 3 rings (SSSR count). The van der Waals surface area contributed by atoms with Crippen LogP contribution in [0.25, 0.3) is 0 Å². The average Bonchev–Trinajstić information content (AvgIpc) is 2.46. The van der Waals surface area contributed by atoms with Crippen molar-refractivity contribution in [2.24, 2.45) is 0 Å². The first-order valence-electron chi connectivity index (χ1n) is 7.46. The minimum Gasteiger partial charge on any atom is -0.481 e. The molecule has 0 saturated carbocycles. The topological polar surface area (TPSA) is 49.8 Å². The summed E-state index contributed by atoms with van der Waals surface area (Å²) in [4.78, 5) is 13.3. The zero-order chi connectivity index (χ0) is 14.8. The second kappa shape index (κ2) is 6.46. The van der Waals surface area contributed by atoms with Crippen molar-refractivity contribution < 1.29 is 14.6 Å². The van der Waals surface area contributed by atoms with Gasteiger partial charge >= 0.3 is 5.97 Å². The fraction of sp³-hybridized carbons (Fsp3) is 0.562. The molecule has 0 bridgehead atoms. The predicted octanol–water partition coefficient (Wildman–Crippen LogP) is 2.48. The van der Waals surface area contributed by atoms with Crippen LogP contribution in [0, 0.1) is 0 Å². The zero-order valence-corrected chi connectivity index (χ0v) is 13.5. The highest BCUT2D eigenvalue weighted by Crippen LogP contribution is 2.28. The summed E-state index contributed by atoms with van der Waals surface area (Å²) in [6.07, 6.45) is 3.24. The fourth-order valence-corrected chi connectivity index (χ4v) is 3.82. The molecule has 4 nitrogen and oxygen atoms in total. The van der Waals surface area contributed by atoms with E-state index in [0.29, 0.717) is 12.6 Å². The number of benzene rings is 1. The summed E-state index contributed by atoms with van der Waals surface area (Å²) in [7, 11) is 0. The van der Waals surface area contributed by atoms with Gasteiger partial charge in [0.05, 0.1) is 19.1 Å². The van der Waals surface area contributed by atoms with Crippen LogP contribution in [0.1, 0.15) is 24.0 Å². The molecule has 0 radical (unpaired) electrons. The number of carbonyl (C=O) groups is 1. The van der Waals surface area contributed by atoms with E-state index in [-0.39, 0.29) is 12.5 Å². The Morgan fingerprint density at radius 1 is 1.43 bits per heavy atom. The van der Waals surface area contributed by atoms with Gasteiger partial charge in [0.2, 0.25) is 0 Å². The Morgan fingerprint density at radius 3 is 3.10 bits per heavy atom. The highest BCUT2D eigenvalue weighted by molar-refractivity contribution is 9.10. The smallest absolute Gasteiger partial charge is 0.306 e. The first-order chi connectivity index (χ1) is 10.1. The van der Waals surface area contributed by atoms with Gasteiger partial charge in [-0.15, -0.1) is 0 Å². The maximum Gasteiger partial charge on any atom is 0.306 e. The van der Waals surface area contributed by atoms with Crippen molar-refractivity contribution >= 4 is 21.9 Å². The molecule has 1 aromatic rings. The van der Waals surface area contributed by atoms with Crippen molar-refractivity contribution in [3.05, 3.63) is 33.8 Å². The van der Waals surface area contributed by atoms with Crippen LogP contribution >= 0.6 is 15.9 Å². The number of fused-ring (bicyclic) bond motifs is 1. The second-order valence-electron chi connectivity index (χ2n) is 5.90. The van der Waals surface area contributed by atoms with E-state index >= 15 is 0 Å². The van der Waals surface area contributed by atoms with E-state index in [4.69, 9.17) is 9.84 Å². The van der Waals surface area contributed by atoms with E-state index in [1.165, 1.54) is 11.1 Å². The van der Waals surface area contributed by atoms with E-state index < -0.39 is 5.97 Å². The van der Waals surface area contributed by atoms with Crippen molar-refractivity contribution in [3.8, 4) is 0 Å². The monoisotopic (exact) mass is 353 g/mol. The lowest BCUT2D eigenvalue weighted by Crippen LogP contribution is -2.49. The SMILES string of the molecule is O=C(O)CC1CN(C2CCc3cc(Br)ccc3C2)CCO1. The third kappa shape index (κ3) is 3.65. The molecule has 0 amide bonds. The van der Waals surface area contributed by atoms with Crippen LogP contribution in [-0.4, -0.2) is 47.8 Å². The van der Waals surface area contributed by atoms with E-state index in [1.807, 2.05) is 0 Å². The summed E-state index contributed by atoms with van der Waals surface area (Å²) in [6.45, 7) is 2.29. The maximum absolute atomic E-state index is 10.8. The molecule has 5 heteroatoms.